The summed E-state index contributed by atoms with van der Waals surface area (Å²) in [7, 11) is -2.07. The Morgan fingerprint density at radius 1 is 1.36 bits per heavy atom. The molecule has 0 saturated heterocycles. The van der Waals surface area contributed by atoms with Crippen LogP contribution in [0.1, 0.15) is 41.9 Å². The second-order valence-electron chi connectivity index (χ2n) is 5.25. The van der Waals surface area contributed by atoms with Crippen molar-refractivity contribution >= 4 is 21.4 Å². The average molecular weight is 343 g/mol. The molecular formula is C14H21N3O3S2. The molecule has 0 N–H and O–H groups in total. The molecule has 0 aliphatic carbocycles. The van der Waals surface area contributed by atoms with Gasteiger partial charge in [0.05, 0.1) is 17.2 Å². The molecule has 8 heteroatoms. The van der Waals surface area contributed by atoms with Gasteiger partial charge in [0.1, 0.15) is 10.6 Å². The van der Waals surface area contributed by atoms with Gasteiger partial charge >= 0.3 is 0 Å². The number of aromatic nitrogens is 2. The van der Waals surface area contributed by atoms with Gasteiger partial charge in [-0.2, -0.15) is 4.31 Å². The molecule has 0 aliphatic heterocycles. The van der Waals surface area contributed by atoms with E-state index in [0.29, 0.717) is 11.5 Å². The van der Waals surface area contributed by atoms with Crippen molar-refractivity contribution < 1.29 is 12.9 Å². The highest BCUT2D eigenvalue weighted by atomic mass is 32.2. The lowest BCUT2D eigenvalue weighted by Crippen LogP contribution is -2.27. The smallest absolute Gasteiger partial charge is 0.248 e. The zero-order valence-electron chi connectivity index (χ0n) is 13.3. The largest absolute Gasteiger partial charge is 0.360 e. The van der Waals surface area contributed by atoms with Gasteiger partial charge < -0.3 is 4.52 Å². The summed E-state index contributed by atoms with van der Waals surface area (Å²) in [5.41, 5.74) is 1.15. The summed E-state index contributed by atoms with van der Waals surface area (Å²) in [6.07, 6.45) is 3.16. The summed E-state index contributed by atoms with van der Waals surface area (Å²) in [6, 6.07) is 0. The van der Waals surface area contributed by atoms with Crippen molar-refractivity contribution in [1.29, 1.82) is 0 Å². The summed E-state index contributed by atoms with van der Waals surface area (Å²) in [6.45, 7) is 5.61. The molecule has 0 bridgehead atoms. The molecule has 122 valence electrons. The Morgan fingerprint density at radius 3 is 2.68 bits per heavy atom. The van der Waals surface area contributed by atoms with Gasteiger partial charge in [-0.15, -0.1) is 11.3 Å². The first-order chi connectivity index (χ1) is 10.4. The SMILES string of the molecule is CCCCc1nc(CN(C)S(=O)(=O)c2c(C)noc2C)cs1. The van der Waals surface area contributed by atoms with Gasteiger partial charge in [0.25, 0.3) is 0 Å². The third-order valence-electron chi connectivity index (χ3n) is 3.36. The number of nitrogens with zero attached hydrogens (tertiary/aromatic N) is 3. The Balaban J connectivity index is 2.14. The average Bonchev–Trinajstić information content (AvgIpc) is 3.03. The van der Waals surface area contributed by atoms with Crippen molar-refractivity contribution in [2.75, 3.05) is 7.05 Å². The highest BCUT2D eigenvalue weighted by molar-refractivity contribution is 7.89. The van der Waals surface area contributed by atoms with Crippen LogP contribution in [0.25, 0.3) is 0 Å². The minimum absolute atomic E-state index is 0.149. The van der Waals surface area contributed by atoms with E-state index >= 15 is 0 Å². The number of unbranched alkanes of at least 4 members (excludes halogenated alkanes) is 1. The van der Waals surface area contributed by atoms with Crippen molar-refractivity contribution in [2.24, 2.45) is 0 Å². The van der Waals surface area contributed by atoms with E-state index in [1.165, 1.54) is 4.31 Å². The third kappa shape index (κ3) is 3.56. The number of hydrogen-bond acceptors (Lipinski definition) is 6. The number of aryl methyl sites for hydroxylation is 3. The Hall–Kier alpha value is -1.25. The summed E-state index contributed by atoms with van der Waals surface area (Å²) < 4.78 is 31.5. The summed E-state index contributed by atoms with van der Waals surface area (Å²) in [4.78, 5) is 4.65. The molecule has 0 amide bonds. The molecule has 6 nitrogen and oxygen atoms in total. The molecule has 22 heavy (non-hydrogen) atoms. The van der Waals surface area contributed by atoms with Crippen LogP contribution in [0, 0.1) is 13.8 Å². The van der Waals surface area contributed by atoms with Gasteiger partial charge in [-0.1, -0.05) is 18.5 Å². The Morgan fingerprint density at radius 2 is 2.09 bits per heavy atom. The lowest BCUT2D eigenvalue weighted by atomic mass is 10.3. The summed E-state index contributed by atoms with van der Waals surface area (Å²) in [5, 5.41) is 6.69. The van der Waals surface area contributed by atoms with E-state index in [-0.39, 0.29) is 11.4 Å². The maximum absolute atomic E-state index is 12.6. The number of rotatable bonds is 7. The van der Waals surface area contributed by atoms with Gasteiger partial charge in [0.15, 0.2) is 5.76 Å². The Labute approximate surface area is 135 Å². The Kier molecular flexibility index (Phi) is 5.36. The van der Waals surface area contributed by atoms with Gasteiger partial charge in [-0.25, -0.2) is 13.4 Å². The summed E-state index contributed by atoms with van der Waals surface area (Å²) in [5.74, 6) is 0.311. The van der Waals surface area contributed by atoms with E-state index in [2.05, 4.69) is 17.1 Å². The molecule has 2 rings (SSSR count). The molecule has 2 aromatic rings. The van der Waals surface area contributed by atoms with E-state index in [9.17, 15) is 8.42 Å². The lowest BCUT2D eigenvalue weighted by Gasteiger charge is -2.15. The maximum atomic E-state index is 12.6. The second-order valence-corrected chi connectivity index (χ2v) is 8.17. The predicted octanol–water partition coefficient (Wildman–Crippen LogP) is 2.91. The highest BCUT2D eigenvalue weighted by Crippen LogP contribution is 2.24. The second kappa shape index (κ2) is 6.89. The van der Waals surface area contributed by atoms with Gasteiger partial charge in [0, 0.05) is 12.4 Å². The van der Waals surface area contributed by atoms with E-state index in [0.717, 1.165) is 30.0 Å². The van der Waals surface area contributed by atoms with Gasteiger partial charge in [-0.3, -0.25) is 0 Å². The van der Waals surface area contributed by atoms with Crippen LogP contribution >= 0.6 is 11.3 Å². The molecule has 2 heterocycles. The van der Waals surface area contributed by atoms with Crippen LogP contribution in [0.2, 0.25) is 0 Å². The monoisotopic (exact) mass is 343 g/mol. The fourth-order valence-corrected chi connectivity index (χ4v) is 4.43. The van der Waals surface area contributed by atoms with Crippen LogP contribution in [0.15, 0.2) is 14.8 Å². The van der Waals surface area contributed by atoms with E-state index < -0.39 is 10.0 Å². The maximum Gasteiger partial charge on any atom is 0.248 e. The molecule has 0 spiro atoms. The first kappa shape index (κ1) is 17.1. The third-order valence-corrected chi connectivity index (χ3v) is 6.37. The lowest BCUT2D eigenvalue weighted by molar-refractivity contribution is 0.389. The van der Waals surface area contributed by atoms with Crippen molar-refractivity contribution in [2.45, 2.75) is 51.5 Å². The van der Waals surface area contributed by atoms with Gasteiger partial charge in [-0.05, 0) is 26.7 Å². The van der Waals surface area contributed by atoms with Crippen LogP contribution in [0.5, 0.6) is 0 Å². The van der Waals surface area contributed by atoms with Crippen molar-refractivity contribution in [3.63, 3.8) is 0 Å². The molecule has 0 saturated carbocycles. The molecule has 0 unspecified atom stereocenters. The minimum Gasteiger partial charge on any atom is -0.360 e. The fourth-order valence-electron chi connectivity index (χ4n) is 2.18. The first-order valence-electron chi connectivity index (χ1n) is 7.18. The molecule has 2 aromatic heterocycles. The topological polar surface area (TPSA) is 76.3 Å². The normalized spacial score (nSPS) is 12.2. The van der Waals surface area contributed by atoms with E-state index in [1.54, 1.807) is 32.2 Å². The number of thiazole rings is 1. The minimum atomic E-state index is -3.62. The fraction of sp³-hybridized carbons (Fsp3) is 0.571. The van der Waals surface area contributed by atoms with Crippen LogP contribution in [-0.2, 0) is 23.0 Å². The zero-order valence-corrected chi connectivity index (χ0v) is 14.9. The predicted molar refractivity (Wildman–Crippen MR) is 85.4 cm³/mol. The van der Waals surface area contributed by atoms with Crippen LogP contribution in [-0.4, -0.2) is 29.9 Å². The zero-order chi connectivity index (χ0) is 16.3. The van der Waals surface area contributed by atoms with Crippen molar-refractivity contribution in [1.82, 2.24) is 14.4 Å². The van der Waals surface area contributed by atoms with Crippen molar-refractivity contribution in [3.05, 3.63) is 27.5 Å². The van der Waals surface area contributed by atoms with Gasteiger partial charge in [0.2, 0.25) is 10.0 Å². The molecule has 0 fully saturated rings. The molecular weight excluding hydrogens is 322 g/mol. The molecule has 0 aliphatic rings. The number of sulfonamides is 1. The van der Waals surface area contributed by atoms with Crippen LogP contribution < -0.4 is 0 Å². The van der Waals surface area contributed by atoms with E-state index in [4.69, 9.17) is 4.52 Å². The quantitative estimate of drug-likeness (QED) is 0.772. The molecule has 0 atom stereocenters. The Bertz CT molecular complexity index is 715. The standard InChI is InChI=1S/C14H21N3O3S2/c1-5-6-7-13-15-12(9-21-13)8-17(4)22(18,19)14-10(2)16-20-11(14)3/h9H,5-8H2,1-4H3. The van der Waals surface area contributed by atoms with Crippen LogP contribution in [0.3, 0.4) is 0 Å². The van der Waals surface area contributed by atoms with E-state index in [1.807, 2.05) is 5.38 Å². The molecule has 0 aromatic carbocycles. The molecule has 0 radical (unpaired) electrons. The highest BCUT2D eigenvalue weighted by Gasteiger charge is 2.29. The van der Waals surface area contributed by atoms with Crippen molar-refractivity contribution in [3.8, 4) is 0 Å². The van der Waals surface area contributed by atoms with Crippen LogP contribution in [0.4, 0.5) is 0 Å². The first-order valence-corrected chi connectivity index (χ1v) is 9.50. The summed E-state index contributed by atoms with van der Waals surface area (Å²) >= 11 is 1.58. The number of hydrogen-bond donors (Lipinski definition) is 0.